The van der Waals surface area contributed by atoms with Crippen LogP contribution in [-0.2, 0) is 0 Å². The number of hydrogen-bond acceptors (Lipinski definition) is 4. The largest absolute Gasteiger partial charge is 0.312 e. The predicted octanol–water partition coefficient (Wildman–Crippen LogP) is 1.39. The summed E-state index contributed by atoms with van der Waals surface area (Å²) in [7, 11) is 11.2. The van der Waals surface area contributed by atoms with Crippen LogP contribution >= 0.6 is 0 Å². The van der Waals surface area contributed by atoms with Crippen LogP contribution in [0.15, 0.2) is 24.6 Å². The van der Waals surface area contributed by atoms with Gasteiger partial charge >= 0.3 is 0 Å². The third-order valence-electron chi connectivity index (χ3n) is 4.45. The molecule has 0 heterocycles. The molecule has 0 rings (SSSR count). The zero-order valence-corrected chi connectivity index (χ0v) is 19.0. The lowest BCUT2D eigenvalue weighted by molar-refractivity contribution is 0.202. The van der Waals surface area contributed by atoms with Crippen molar-refractivity contribution in [1.29, 1.82) is 0 Å². The van der Waals surface area contributed by atoms with E-state index in [4.69, 9.17) is 0 Å². The molecule has 0 saturated carbocycles. The lowest BCUT2D eigenvalue weighted by Gasteiger charge is -2.40. The van der Waals surface area contributed by atoms with Crippen molar-refractivity contribution in [3.63, 3.8) is 0 Å². The first-order valence-electron chi connectivity index (χ1n) is 8.12. The Hall–Kier alpha value is -0.246. The maximum atomic E-state index is 3.95. The van der Waals surface area contributed by atoms with Gasteiger partial charge in [-0.1, -0.05) is 19.5 Å². The van der Waals surface area contributed by atoms with Gasteiger partial charge < -0.3 is 9.13 Å². The maximum Gasteiger partial charge on any atom is 0.228 e. The molecular weight excluding hydrogens is 304 g/mol. The Bertz CT molecular complexity index is 291. The molecule has 0 saturated heterocycles. The molecule has 0 aliphatic rings. The average molecular weight is 345 g/mol. The van der Waals surface area contributed by atoms with Crippen LogP contribution in [0.3, 0.4) is 0 Å². The minimum atomic E-state index is -1.50. The van der Waals surface area contributed by atoms with Crippen LogP contribution in [0.1, 0.15) is 13.8 Å². The van der Waals surface area contributed by atoms with E-state index in [-0.39, 0.29) is 9.52 Å². The molecule has 0 amide bonds. The van der Waals surface area contributed by atoms with E-state index >= 15 is 0 Å². The SMILES string of the molecule is C=C[SiH2]C(N(C)C)N(C)C.C=C[Si](C)(N(C)CC)N(C)CC. The second kappa shape index (κ2) is 12.2. The summed E-state index contributed by atoms with van der Waals surface area (Å²) in [5, 5.41) is 0. The Balaban J connectivity index is 0. The predicted molar refractivity (Wildman–Crippen MR) is 108 cm³/mol. The second-order valence-electron chi connectivity index (χ2n) is 6.26. The Labute approximate surface area is 143 Å². The van der Waals surface area contributed by atoms with Crippen molar-refractivity contribution in [2.24, 2.45) is 0 Å². The van der Waals surface area contributed by atoms with Gasteiger partial charge in [0, 0.05) is 5.79 Å². The summed E-state index contributed by atoms with van der Waals surface area (Å²) in [6, 6.07) is 0. The minimum absolute atomic E-state index is 0.144. The van der Waals surface area contributed by atoms with E-state index < -0.39 is 8.40 Å². The number of hydrogen-bond donors (Lipinski definition) is 0. The fraction of sp³-hybridized carbons (Fsp3) is 0.750. The molecule has 0 fully saturated rings. The zero-order chi connectivity index (χ0) is 17.9. The molecule has 0 atom stereocenters. The van der Waals surface area contributed by atoms with E-state index in [1.54, 1.807) is 0 Å². The summed E-state index contributed by atoms with van der Waals surface area (Å²) in [6.07, 6.45) is 0. The molecule has 0 aromatic rings. The molecule has 0 unspecified atom stereocenters. The van der Waals surface area contributed by atoms with Crippen LogP contribution in [0, 0.1) is 0 Å². The number of rotatable bonds is 9. The first-order valence-corrected chi connectivity index (χ1v) is 12.2. The van der Waals surface area contributed by atoms with Crippen LogP contribution in [0.4, 0.5) is 0 Å². The monoisotopic (exact) mass is 344 g/mol. The van der Waals surface area contributed by atoms with Gasteiger partial charge in [-0.15, -0.1) is 18.9 Å². The molecule has 6 heteroatoms. The molecule has 0 aromatic carbocycles. The molecule has 4 nitrogen and oxygen atoms in total. The Kier molecular flexibility index (Phi) is 13.3. The van der Waals surface area contributed by atoms with Crippen molar-refractivity contribution in [2.75, 3.05) is 55.4 Å². The van der Waals surface area contributed by atoms with Gasteiger partial charge in [-0.2, -0.15) is 0 Å². The van der Waals surface area contributed by atoms with E-state index in [9.17, 15) is 0 Å². The summed E-state index contributed by atoms with van der Waals surface area (Å²) in [6.45, 7) is 16.6. The summed E-state index contributed by atoms with van der Waals surface area (Å²) in [5.41, 5.74) is 4.23. The summed E-state index contributed by atoms with van der Waals surface area (Å²) in [5.74, 6) is 0.623. The second-order valence-corrected chi connectivity index (χ2v) is 12.2. The zero-order valence-electron chi connectivity index (χ0n) is 16.6. The molecule has 0 aromatic heterocycles. The first-order chi connectivity index (χ1) is 10.1. The van der Waals surface area contributed by atoms with E-state index in [1.165, 1.54) is 0 Å². The Morgan fingerprint density at radius 2 is 1.27 bits per heavy atom. The highest BCUT2D eigenvalue weighted by molar-refractivity contribution is 6.77. The van der Waals surface area contributed by atoms with E-state index in [2.05, 4.69) is 106 Å². The highest BCUT2D eigenvalue weighted by Crippen LogP contribution is 2.12. The van der Waals surface area contributed by atoms with Crippen molar-refractivity contribution in [2.45, 2.75) is 26.2 Å². The Morgan fingerprint density at radius 1 is 0.909 bits per heavy atom. The summed E-state index contributed by atoms with van der Waals surface area (Å²) in [4.78, 5) is 4.49. The van der Waals surface area contributed by atoms with Crippen LogP contribution in [0.2, 0.25) is 6.55 Å². The summed E-state index contributed by atoms with van der Waals surface area (Å²) >= 11 is 0. The van der Waals surface area contributed by atoms with Crippen LogP contribution < -0.4 is 0 Å². The third kappa shape index (κ3) is 7.85. The highest BCUT2D eigenvalue weighted by Gasteiger charge is 2.32. The average Bonchev–Trinajstić information content (AvgIpc) is 2.49. The van der Waals surface area contributed by atoms with Gasteiger partial charge in [-0.25, -0.2) is 0 Å². The van der Waals surface area contributed by atoms with Gasteiger partial charge in [0.1, 0.15) is 0 Å². The molecule has 0 aliphatic heterocycles. The minimum Gasteiger partial charge on any atom is -0.312 e. The molecule has 0 aliphatic carbocycles. The molecule has 0 radical (unpaired) electrons. The third-order valence-corrected chi connectivity index (χ3v) is 11.2. The lowest BCUT2D eigenvalue weighted by atomic mass is 10.8. The van der Waals surface area contributed by atoms with Crippen LogP contribution in [0.5, 0.6) is 0 Å². The smallest absolute Gasteiger partial charge is 0.228 e. The van der Waals surface area contributed by atoms with Gasteiger partial charge in [-0.05, 0) is 61.9 Å². The van der Waals surface area contributed by atoms with Crippen molar-refractivity contribution in [3.8, 4) is 0 Å². The van der Waals surface area contributed by atoms with Gasteiger partial charge in [-0.3, -0.25) is 9.80 Å². The molecule has 0 bridgehead atoms. The van der Waals surface area contributed by atoms with E-state index in [0.717, 1.165) is 13.1 Å². The molecule has 132 valence electrons. The van der Waals surface area contributed by atoms with Gasteiger partial charge in [0.15, 0.2) is 0 Å². The van der Waals surface area contributed by atoms with Gasteiger partial charge in [0.25, 0.3) is 0 Å². The quantitative estimate of drug-likeness (QED) is 0.463. The summed E-state index contributed by atoms with van der Waals surface area (Å²) < 4.78 is 4.84. The van der Waals surface area contributed by atoms with Crippen molar-refractivity contribution in [1.82, 2.24) is 18.9 Å². The molecule has 0 spiro atoms. The fourth-order valence-electron chi connectivity index (χ4n) is 2.28. The lowest BCUT2D eigenvalue weighted by Crippen LogP contribution is -2.59. The van der Waals surface area contributed by atoms with E-state index in [1.807, 2.05) is 0 Å². The van der Waals surface area contributed by atoms with Crippen molar-refractivity contribution < 1.29 is 0 Å². The standard InChI is InChI=1S/C9H22N2Si.C7H18N2Si/c1-7-10(4)12(6,9-3)11(5)8-2;1-6-10-7(8(2)3)9(4)5/h9H,3,7-8H2,1-2,4-6H3;6-7H,1,10H2,2-5H3. The van der Waals surface area contributed by atoms with Crippen LogP contribution in [0.25, 0.3) is 0 Å². The molecule has 22 heavy (non-hydrogen) atoms. The molecule has 0 N–H and O–H groups in total. The highest BCUT2D eigenvalue weighted by atomic mass is 28.3. The van der Waals surface area contributed by atoms with Gasteiger partial charge in [0.2, 0.25) is 8.40 Å². The normalized spacial score (nSPS) is 12.6. The van der Waals surface area contributed by atoms with Crippen LogP contribution in [-0.4, -0.2) is 98.0 Å². The van der Waals surface area contributed by atoms with E-state index in [0.29, 0.717) is 5.79 Å². The van der Waals surface area contributed by atoms with Crippen molar-refractivity contribution >= 4 is 17.9 Å². The van der Waals surface area contributed by atoms with Crippen molar-refractivity contribution in [3.05, 3.63) is 24.6 Å². The number of nitrogens with zero attached hydrogens (tertiary/aromatic N) is 4. The Morgan fingerprint density at radius 3 is 1.41 bits per heavy atom. The maximum absolute atomic E-state index is 3.95. The topological polar surface area (TPSA) is 13.0 Å². The van der Waals surface area contributed by atoms with Gasteiger partial charge in [0.05, 0.1) is 9.52 Å². The fourth-order valence-corrected chi connectivity index (χ4v) is 5.90. The molecular formula is C16H40N4Si2. The first kappa shape index (κ1) is 24.0.